The quantitative estimate of drug-likeness (QED) is 0.844. The van der Waals surface area contributed by atoms with Crippen LogP contribution in [-0.2, 0) is 0 Å². The molecule has 20 heavy (non-hydrogen) atoms. The number of nitrogens with zero attached hydrogens (tertiary/aromatic N) is 1. The smallest absolute Gasteiger partial charge is 0.123 e. The molecule has 0 bridgehead atoms. The first kappa shape index (κ1) is 14.6. The summed E-state index contributed by atoms with van der Waals surface area (Å²) in [6, 6.07) is 7.99. The zero-order chi connectivity index (χ0) is 14.5. The van der Waals surface area contributed by atoms with Crippen molar-refractivity contribution in [2.45, 2.75) is 45.8 Å². The third-order valence-corrected chi connectivity index (χ3v) is 3.08. The highest BCUT2D eigenvalue weighted by molar-refractivity contribution is 5.59. The van der Waals surface area contributed by atoms with Crippen LogP contribution in [0.15, 0.2) is 30.5 Å². The molecule has 0 aliphatic carbocycles. The maximum atomic E-state index is 6.06. The van der Waals surface area contributed by atoms with Crippen LogP contribution < -0.4 is 10.5 Å². The Hall–Kier alpha value is -1.81. The Morgan fingerprint density at radius 2 is 1.95 bits per heavy atom. The van der Waals surface area contributed by atoms with Gasteiger partial charge < -0.3 is 15.5 Å². The molecule has 0 spiro atoms. The molecule has 3 N–H and O–H groups in total. The number of ether oxygens (including phenoxy) is 1. The monoisotopic (exact) mass is 273 g/mol. The van der Waals surface area contributed by atoms with Crippen LogP contribution in [0.3, 0.4) is 0 Å². The number of aromatic amines is 1. The van der Waals surface area contributed by atoms with E-state index in [1.165, 1.54) is 0 Å². The summed E-state index contributed by atoms with van der Waals surface area (Å²) in [5, 5.41) is 0. The van der Waals surface area contributed by atoms with Crippen LogP contribution in [0.1, 0.15) is 45.5 Å². The summed E-state index contributed by atoms with van der Waals surface area (Å²) in [5.41, 5.74) is 8.14. The molecule has 1 heterocycles. The van der Waals surface area contributed by atoms with Crippen molar-refractivity contribution >= 4 is 0 Å². The predicted molar refractivity (Wildman–Crippen MR) is 81.6 cm³/mol. The van der Waals surface area contributed by atoms with Gasteiger partial charge in [0.15, 0.2) is 0 Å². The number of hydrogen-bond donors (Lipinski definition) is 2. The molecule has 0 aliphatic rings. The van der Waals surface area contributed by atoms with Crippen LogP contribution in [0.2, 0.25) is 0 Å². The van der Waals surface area contributed by atoms with Gasteiger partial charge in [0.05, 0.1) is 24.0 Å². The Balaban J connectivity index is 2.11. The molecular weight excluding hydrogens is 250 g/mol. The predicted octanol–water partition coefficient (Wildman–Crippen LogP) is 3.66. The fraction of sp³-hybridized carbons (Fsp3) is 0.438. The molecular formula is C16H23N3O. The fourth-order valence-electron chi connectivity index (χ4n) is 2.10. The van der Waals surface area contributed by atoms with Crippen LogP contribution in [0.25, 0.3) is 11.3 Å². The molecule has 4 nitrogen and oxygen atoms in total. The van der Waals surface area contributed by atoms with Crippen molar-refractivity contribution in [2.75, 3.05) is 0 Å². The minimum atomic E-state index is -0.0164. The van der Waals surface area contributed by atoms with E-state index in [1.807, 2.05) is 44.3 Å². The van der Waals surface area contributed by atoms with Crippen LogP contribution in [-0.4, -0.2) is 16.1 Å². The third-order valence-electron chi connectivity index (χ3n) is 3.08. The van der Waals surface area contributed by atoms with E-state index in [0.717, 1.165) is 35.7 Å². The van der Waals surface area contributed by atoms with Crippen molar-refractivity contribution in [3.63, 3.8) is 0 Å². The van der Waals surface area contributed by atoms with Gasteiger partial charge in [-0.3, -0.25) is 0 Å². The number of nitrogens with one attached hydrogen (secondary N) is 1. The minimum Gasteiger partial charge on any atom is -0.491 e. The largest absolute Gasteiger partial charge is 0.491 e. The molecule has 108 valence electrons. The summed E-state index contributed by atoms with van der Waals surface area (Å²) in [5.74, 6) is 1.73. The van der Waals surface area contributed by atoms with Gasteiger partial charge in [0, 0.05) is 0 Å². The Morgan fingerprint density at radius 3 is 2.55 bits per heavy atom. The van der Waals surface area contributed by atoms with Crippen LogP contribution in [0.5, 0.6) is 5.75 Å². The molecule has 0 saturated heterocycles. The molecule has 1 aromatic heterocycles. The number of rotatable bonds is 6. The summed E-state index contributed by atoms with van der Waals surface area (Å²) in [4.78, 5) is 7.67. The SMILES string of the molecule is CCCC(N)c1ncc(-c2ccc(OC(C)C)cc2)[nH]1. The fourth-order valence-corrected chi connectivity index (χ4v) is 2.10. The molecule has 0 amide bonds. The lowest BCUT2D eigenvalue weighted by Gasteiger charge is -2.09. The van der Waals surface area contributed by atoms with E-state index in [9.17, 15) is 0 Å². The van der Waals surface area contributed by atoms with Gasteiger partial charge in [0.25, 0.3) is 0 Å². The lowest BCUT2D eigenvalue weighted by atomic mass is 10.1. The maximum Gasteiger partial charge on any atom is 0.123 e. The number of H-pyrrole nitrogens is 1. The summed E-state index contributed by atoms with van der Waals surface area (Å²) < 4.78 is 5.63. The number of nitrogens with two attached hydrogens (primary N) is 1. The molecule has 0 aliphatic heterocycles. The van der Waals surface area contributed by atoms with E-state index in [-0.39, 0.29) is 12.1 Å². The average Bonchev–Trinajstić information content (AvgIpc) is 2.89. The highest BCUT2D eigenvalue weighted by Crippen LogP contribution is 2.23. The molecule has 4 heteroatoms. The average molecular weight is 273 g/mol. The first-order valence-electron chi connectivity index (χ1n) is 7.17. The Bertz CT molecular complexity index is 531. The van der Waals surface area contributed by atoms with Crippen molar-refractivity contribution < 1.29 is 4.74 Å². The zero-order valence-corrected chi connectivity index (χ0v) is 12.4. The highest BCUT2D eigenvalue weighted by atomic mass is 16.5. The van der Waals surface area contributed by atoms with Gasteiger partial charge in [-0.1, -0.05) is 13.3 Å². The van der Waals surface area contributed by atoms with Gasteiger partial charge in [-0.2, -0.15) is 0 Å². The first-order valence-corrected chi connectivity index (χ1v) is 7.17. The van der Waals surface area contributed by atoms with Crippen LogP contribution in [0, 0.1) is 0 Å². The molecule has 1 unspecified atom stereocenters. The molecule has 1 atom stereocenters. The van der Waals surface area contributed by atoms with Crippen molar-refractivity contribution in [3.05, 3.63) is 36.3 Å². The van der Waals surface area contributed by atoms with Crippen LogP contribution in [0.4, 0.5) is 0 Å². The lowest BCUT2D eigenvalue weighted by Crippen LogP contribution is -2.11. The van der Waals surface area contributed by atoms with Gasteiger partial charge in [-0.15, -0.1) is 0 Å². The van der Waals surface area contributed by atoms with E-state index in [1.54, 1.807) is 0 Å². The standard InChI is InChI=1S/C16H23N3O/c1-4-5-14(17)16-18-10-15(19-16)12-6-8-13(9-7-12)20-11(2)3/h6-11,14H,4-5,17H2,1-3H3,(H,18,19). The van der Waals surface area contributed by atoms with Crippen molar-refractivity contribution in [3.8, 4) is 17.0 Å². The lowest BCUT2D eigenvalue weighted by molar-refractivity contribution is 0.242. The Morgan fingerprint density at radius 1 is 1.25 bits per heavy atom. The molecule has 0 fully saturated rings. The van der Waals surface area contributed by atoms with E-state index < -0.39 is 0 Å². The van der Waals surface area contributed by atoms with Crippen LogP contribution >= 0.6 is 0 Å². The number of imidazole rings is 1. The van der Waals surface area contributed by atoms with Crippen molar-refractivity contribution in [1.29, 1.82) is 0 Å². The number of aromatic nitrogens is 2. The summed E-state index contributed by atoms with van der Waals surface area (Å²) in [6.07, 6.45) is 4.02. The molecule has 2 aromatic rings. The summed E-state index contributed by atoms with van der Waals surface area (Å²) in [6.45, 7) is 6.16. The normalized spacial score (nSPS) is 12.7. The summed E-state index contributed by atoms with van der Waals surface area (Å²) >= 11 is 0. The molecule has 0 radical (unpaired) electrons. The zero-order valence-electron chi connectivity index (χ0n) is 12.4. The number of benzene rings is 1. The minimum absolute atomic E-state index is 0.0164. The topological polar surface area (TPSA) is 63.9 Å². The van der Waals surface area contributed by atoms with E-state index in [0.29, 0.717) is 0 Å². The van der Waals surface area contributed by atoms with E-state index in [2.05, 4.69) is 16.9 Å². The highest BCUT2D eigenvalue weighted by Gasteiger charge is 2.10. The number of hydrogen-bond acceptors (Lipinski definition) is 3. The van der Waals surface area contributed by atoms with E-state index >= 15 is 0 Å². The van der Waals surface area contributed by atoms with Gasteiger partial charge in [-0.25, -0.2) is 4.98 Å². The maximum absolute atomic E-state index is 6.06. The molecule has 1 aromatic carbocycles. The Kier molecular flexibility index (Phi) is 4.79. The van der Waals surface area contributed by atoms with Gasteiger partial charge in [0.2, 0.25) is 0 Å². The van der Waals surface area contributed by atoms with Gasteiger partial charge in [-0.05, 0) is 50.1 Å². The van der Waals surface area contributed by atoms with Crippen molar-refractivity contribution in [2.24, 2.45) is 5.73 Å². The first-order chi connectivity index (χ1) is 9.60. The second-order valence-electron chi connectivity index (χ2n) is 5.27. The molecule has 2 rings (SSSR count). The second-order valence-corrected chi connectivity index (χ2v) is 5.27. The Labute approximate surface area is 120 Å². The second kappa shape index (κ2) is 6.57. The van der Waals surface area contributed by atoms with E-state index in [4.69, 9.17) is 10.5 Å². The van der Waals surface area contributed by atoms with Gasteiger partial charge in [0.1, 0.15) is 11.6 Å². The summed E-state index contributed by atoms with van der Waals surface area (Å²) in [7, 11) is 0. The van der Waals surface area contributed by atoms with Crippen molar-refractivity contribution in [1.82, 2.24) is 9.97 Å². The van der Waals surface area contributed by atoms with Gasteiger partial charge >= 0.3 is 0 Å². The molecule has 0 saturated carbocycles. The third kappa shape index (κ3) is 3.61.